The SMILES string of the molecule is N[C@H](c1ccc(F)cc1F)C(F)(F)CO. The summed E-state index contributed by atoms with van der Waals surface area (Å²) in [5.74, 6) is -5.68. The van der Waals surface area contributed by atoms with Crippen LogP contribution < -0.4 is 5.73 Å². The van der Waals surface area contributed by atoms with Gasteiger partial charge in [0.2, 0.25) is 0 Å². The molecule has 0 aliphatic heterocycles. The van der Waals surface area contributed by atoms with Crippen LogP contribution in [0.2, 0.25) is 0 Å². The molecule has 0 unspecified atom stereocenters. The minimum atomic E-state index is -3.64. The minimum absolute atomic E-state index is 0.461. The molecule has 1 rings (SSSR count). The molecular formula is C9H9F4NO. The average Bonchev–Trinajstić information content (AvgIpc) is 2.17. The number of aliphatic hydroxyl groups is 1. The highest BCUT2D eigenvalue weighted by atomic mass is 19.3. The van der Waals surface area contributed by atoms with Gasteiger partial charge in [-0.2, -0.15) is 0 Å². The van der Waals surface area contributed by atoms with E-state index in [1.165, 1.54) is 0 Å². The standard InChI is InChI=1S/C9H9F4NO/c10-5-1-2-6(7(11)3-5)8(14)9(12,13)4-15/h1-3,8,15H,4,14H2/t8-/m1/s1. The molecule has 0 saturated carbocycles. The van der Waals surface area contributed by atoms with Gasteiger partial charge in [-0.1, -0.05) is 6.07 Å². The summed E-state index contributed by atoms with van der Waals surface area (Å²) < 4.78 is 51.3. The van der Waals surface area contributed by atoms with Crippen molar-refractivity contribution in [3.05, 3.63) is 35.4 Å². The van der Waals surface area contributed by atoms with Crippen molar-refractivity contribution in [1.82, 2.24) is 0 Å². The second kappa shape index (κ2) is 4.16. The molecule has 0 aliphatic rings. The van der Waals surface area contributed by atoms with Crippen molar-refractivity contribution in [2.75, 3.05) is 6.61 Å². The minimum Gasteiger partial charge on any atom is -0.390 e. The smallest absolute Gasteiger partial charge is 0.289 e. The van der Waals surface area contributed by atoms with Crippen LogP contribution in [-0.4, -0.2) is 17.6 Å². The number of nitrogens with two attached hydrogens (primary N) is 1. The number of rotatable bonds is 3. The normalized spacial score (nSPS) is 14.0. The largest absolute Gasteiger partial charge is 0.390 e. The molecule has 0 heterocycles. The number of benzene rings is 1. The van der Waals surface area contributed by atoms with E-state index in [1.807, 2.05) is 0 Å². The van der Waals surface area contributed by atoms with Crippen molar-refractivity contribution in [3.8, 4) is 0 Å². The summed E-state index contributed by atoms with van der Waals surface area (Å²) >= 11 is 0. The maximum Gasteiger partial charge on any atom is 0.289 e. The molecule has 84 valence electrons. The highest BCUT2D eigenvalue weighted by Gasteiger charge is 2.38. The Balaban J connectivity index is 3.06. The van der Waals surface area contributed by atoms with Gasteiger partial charge < -0.3 is 10.8 Å². The Morgan fingerprint density at radius 3 is 2.40 bits per heavy atom. The third-order valence-corrected chi connectivity index (χ3v) is 1.96. The van der Waals surface area contributed by atoms with Crippen LogP contribution >= 0.6 is 0 Å². The van der Waals surface area contributed by atoms with Crippen molar-refractivity contribution >= 4 is 0 Å². The van der Waals surface area contributed by atoms with Gasteiger partial charge in [0.15, 0.2) is 0 Å². The van der Waals surface area contributed by atoms with E-state index in [1.54, 1.807) is 0 Å². The number of alkyl halides is 2. The van der Waals surface area contributed by atoms with E-state index in [2.05, 4.69) is 0 Å². The summed E-state index contributed by atoms with van der Waals surface area (Å²) in [6.45, 7) is -1.50. The zero-order valence-electron chi connectivity index (χ0n) is 7.55. The van der Waals surface area contributed by atoms with Crippen LogP contribution in [0.1, 0.15) is 11.6 Å². The summed E-state index contributed by atoms with van der Waals surface area (Å²) in [7, 11) is 0. The van der Waals surface area contributed by atoms with E-state index in [9.17, 15) is 17.6 Å². The summed E-state index contributed by atoms with van der Waals surface area (Å²) in [6, 6.07) is 0.121. The van der Waals surface area contributed by atoms with E-state index in [0.29, 0.717) is 6.07 Å². The van der Waals surface area contributed by atoms with Crippen LogP contribution in [0, 0.1) is 11.6 Å². The lowest BCUT2D eigenvalue weighted by atomic mass is 10.0. The number of hydrogen-bond donors (Lipinski definition) is 2. The zero-order chi connectivity index (χ0) is 11.6. The second-order valence-electron chi connectivity index (χ2n) is 3.06. The Morgan fingerprint density at radius 1 is 1.33 bits per heavy atom. The molecule has 2 nitrogen and oxygen atoms in total. The first kappa shape index (κ1) is 11.9. The number of hydrogen-bond acceptors (Lipinski definition) is 2. The van der Waals surface area contributed by atoms with Gasteiger partial charge in [-0.05, 0) is 6.07 Å². The van der Waals surface area contributed by atoms with Crippen LogP contribution in [0.25, 0.3) is 0 Å². The molecule has 0 radical (unpaired) electrons. The summed E-state index contributed by atoms with van der Waals surface area (Å²) in [5.41, 5.74) is 4.53. The van der Waals surface area contributed by atoms with Gasteiger partial charge in [-0.25, -0.2) is 17.6 Å². The molecular weight excluding hydrogens is 214 g/mol. The van der Waals surface area contributed by atoms with Crippen LogP contribution in [0.15, 0.2) is 18.2 Å². The Hall–Kier alpha value is -1.14. The van der Waals surface area contributed by atoms with Crippen LogP contribution in [0.4, 0.5) is 17.6 Å². The van der Waals surface area contributed by atoms with Gasteiger partial charge in [-0.3, -0.25) is 0 Å². The van der Waals surface area contributed by atoms with Crippen molar-refractivity contribution in [1.29, 1.82) is 0 Å². The summed E-state index contributed by atoms with van der Waals surface area (Å²) in [4.78, 5) is 0. The Kier molecular flexibility index (Phi) is 3.31. The third kappa shape index (κ3) is 2.45. The van der Waals surface area contributed by atoms with Crippen molar-refractivity contribution in [2.45, 2.75) is 12.0 Å². The van der Waals surface area contributed by atoms with E-state index in [-0.39, 0.29) is 0 Å². The Labute approximate surface area is 83.3 Å². The van der Waals surface area contributed by atoms with Crippen molar-refractivity contribution in [2.24, 2.45) is 5.73 Å². The second-order valence-corrected chi connectivity index (χ2v) is 3.06. The maximum absolute atomic E-state index is 13.0. The first-order valence-corrected chi connectivity index (χ1v) is 4.07. The van der Waals surface area contributed by atoms with Crippen molar-refractivity contribution < 1.29 is 22.7 Å². The quantitative estimate of drug-likeness (QED) is 0.764. The van der Waals surface area contributed by atoms with E-state index in [0.717, 1.165) is 12.1 Å². The summed E-state index contributed by atoms with van der Waals surface area (Å²) in [5, 5.41) is 8.34. The molecule has 0 amide bonds. The lowest BCUT2D eigenvalue weighted by molar-refractivity contribution is -0.0719. The lowest BCUT2D eigenvalue weighted by Gasteiger charge is -2.21. The summed E-state index contributed by atoms with van der Waals surface area (Å²) in [6.07, 6.45) is 0. The monoisotopic (exact) mass is 223 g/mol. The first-order valence-electron chi connectivity index (χ1n) is 4.07. The average molecular weight is 223 g/mol. The molecule has 15 heavy (non-hydrogen) atoms. The van der Waals surface area contributed by atoms with Crippen molar-refractivity contribution in [3.63, 3.8) is 0 Å². The predicted octanol–water partition coefficient (Wildman–Crippen LogP) is 1.59. The Morgan fingerprint density at radius 2 is 1.93 bits per heavy atom. The predicted molar refractivity (Wildman–Crippen MR) is 45.3 cm³/mol. The van der Waals surface area contributed by atoms with Crippen LogP contribution in [0.3, 0.4) is 0 Å². The molecule has 0 spiro atoms. The Bertz CT molecular complexity index is 356. The van der Waals surface area contributed by atoms with Crippen LogP contribution in [0.5, 0.6) is 0 Å². The van der Waals surface area contributed by atoms with Gasteiger partial charge >= 0.3 is 0 Å². The molecule has 0 aromatic heterocycles. The van der Waals surface area contributed by atoms with E-state index >= 15 is 0 Å². The zero-order valence-corrected chi connectivity index (χ0v) is 7.55. The topological polar surface area (TPSA) is 46.2 Å². The number of halogens is 4. The van der Waals surface area contributed by atoms with Gasteiger partial charge in [-0.15, -0.1) is 0 Å². The molecule has 1 aromatic rings. The van der Waals surface area contributed by atoms with Gasteiger partial charge in [0, 0.05) is 11.6 Å². The molecule has 0 aliphatic carbocycles. The number of aliphatic hydroxyl groups excluding tert-OH is 1. The fraction of sp³-hybridized carbons (Fsp3) is 0.333. The molecule has 6 heteroatoms. The fourth-order valence-corrected chi connectivity index (χ4v) is 1.08. The molecule has 0 fully saturated rings. The highest BCUT2D eigenvalue weighted by Crippen LogP contribution is 2.30. The highest BCUT2D eigenvalue weighted by molar-refractivity contribution is 5.23. The van der Waals surface area contributed by atoms with Gasteiger partial charge in [0.05, 0.1) is 6.04 Å². The van der Waals surface area contributed by atoms with Crippen LogP contribution in [-0.2, 0) is 0 Å². The van der Waals surface area contributed by atoms with E-state index in [4.69, 9.17) is 10.8 Å². The maximum atomic E-state index is 13.0. The van der Waals surface area contributed by atoms with Gasteiger partial charge in [0.1, 0.15) is 18.2 Å². The van der Waals surface area contributed by atoms with Gasteiger partial charge in [0.25, 0.3) is 5.92 Å². The third-order valence-electron chi connectivity index (χ3n) is 1.96. The molecule has 3 N–H and O–H groups in total. The molecule has 0 saturated heterocycles. The molecule has 0 bridgehead atoms. The fourth-order valence-electron chi connectivity index (χ4n) is 1.08. The first-order chi connectivity index (χ1) is 6.88. The molecule has 1 atom stereocenters. The molecule has 1 aromatic carbocycles. The van der Waals surface area contributed by atoms with E-state index < -0.39 is 35.8 Å². The lowest BCUT2D eigenvalue weighted by Crippen LogP contribution is -2.36.